The molecule has 0 saturated carbocycles. The van der Waals surface area contributed by atoms with Crippen LogP contribution in [0.4, 0.5) is 0 Å². The maximum atomic E-state index is 11.1. The number of hydrogen-bond acceptors (Lipinski definition) is 2. The number of benzene rings is 1. The summed E-state index contributed by atoms with van der Waals surface area (Å²) in [6, 6.07) is 2.66. The standard InChI is InChI=1S/C9H8Cl2O3/c1-4(9(13)14)5-2-6(10)8(12)7(11)3-5/h2-4,12H,1H3,(H,13,14)/p-1. The molecule has 0 aliphatic rings. The molecule has 1 atom stereocenters. The molecule has 0 aliphatic carbocycles. The fraction of sp³-hybridized carbons (Fsp3) is 0.222. The first kappa shape index (κ1) is 11.1. The molecule has 3 nitrogen and oxygen atoms in total. The number of rotatable bonds is 2. The number of halogens is 2. The minimum Gasteiger partial charge on any atom is -0.870 e. The molecule has 1 N–H and O–H groups in total. The summed E-state index contributed by atoms with van der Waals surface area (Å²) in [5.74, 6) is -2.20. The van der Waals surface area contributed by atoms with Gasteiger partial charge in [-0.25, -0.2) is 0 Å². The second-order valence-electron chi connectivity index (χ2n) is 2.87. The van der Waals surface area contributed by atoms with Crippen molar-refractivity contribution in [3.8, 4) is 5.75 Å². The van der Waals surface area contributed by atoms with Crippen LogP contribution in [0, 0.1) is 0 Å². The van der Waals surface area contributed by atoms with E-state index in [1.54, 1.807) is 0 Å². The highest BCUT2D eigenvalue weighted by Gasteiger charge is 2.14. The molecule has 1 aromatic rings. The zero-order chi connectivity index (χ0) is 10.9. The molecule has 14 heavy (non-hydrogen) atoms. The van der Waals surface area contributed by atoms with Crippen molar-refractivity contribution in [3.63, 3.8) is 0 Å². The first-order valence-electron chi connectivity index (χ1n) is 3.82. The van der Waals surface area contributed by atoms with Crippen LogP contribution >= 0.6 is 23.2 Å². The highest BCUT2D eigenvalue weighted by atomic mass is 35.5. The average Bonchev–Trinajstić information content (AvgIpc) is 2.12. The molecule has 0 spiro atoms. The van der Waals surface area contributed by atoms with Gasteiger partial charge in [0.05, 0.1) is 5.92 Å². The van der Waals surface area contributed by atoms with Crippen molar-refractivity contribution in [1.29, 1.82) is 0 Å². The van der Waals surface area contributed by atoms with Gasteiger partial charge in [0.1, 0.15) is 0 Å². The van der Waals surface area contributed by atoms with Gasteiger partial charge in [0.25, 0.3) is 0 Å². The van der Waals surface area contributed by atoms with Crippen molar-refractivity contribution in [2.24, 2.45) is 0 Å². The molecule has 0 aromatic heterocycles. The van der Waals surface area contributed by atoms with E-state index in [9.17, 15) is 9.90 Å². The van der Waals surface area contributed by atoms with Crippen LogP contribution in [0.5, 0.6) is 5.75 Å². The Kier molecular flexibility index (Phi) is 3.24. The Labute approximate surface area is 90.9 Å². The predicted molar refractivity (Wildman–Crippen MR) is 52.0 cm³/mol. The predicted octanol–water partition coefficient (Wildman–Crippen LogP) is 2.26. The summed E-state index contributed by atoms with van der Waals surface area (Å²) in [5, 5.41) is 19.7. The van der Waals surface area contributed by atoms with Gasteiger partial charge in [-0.15, -0.1) is 0 Å². The van der Waals surface area contributed by atoms with Gasteiger partial charge in [-0.3, -0.25) is 4.79 Å². The largest absolute Gasteiger partial charge is 0.870 e. The molecule has 1 aromatic carbocycles. The van der Waals surface area contributed by atoms with Crippen LogP contribution in [0.25, 0.3) is 0 Å². The molecular formula is C9H7Cl2O3-. The number of hydrogen-bond donors (Lipinski definition) is 1. The van der Waals surface area contributed by atoms with E-state index < -0.39 is 17.6 Å². The number of carboxylic acid groups (broad SMARTS) is 1. The van der Waals surface area contributed by atoms with Gasteiger partial charge in [-0.2, -0.15) is 0 Å². The Morgan fingerprint density at radius 1 is 1.43 bits per heavy atom. The van der Waals surface area contributed by atoms with E-state index in [0.29, 0.717) is 5.56 Å². The van der Waals surface area contributed by atoms with E-state index in [1.807, 2.05) is 0 Å². The Morgan fingerprint density at radius 3 is 2.21 bits per heavy atom. The summed E-state index contributed by atoms with van der Waals surface area (Å²) in [5.41, 5.74) is 0.423. The summed E-state index contributed by atoms with van der Waals surface area (Å²) < 4.78 is 0. The SMILES string of the molecule is CC(C(=O)O)c1cc(Cl)c([O-])c(Cl)c1. The second-order valence-corrected chi connectivity index (χ2v) is 3.69. The van der Waals surface area contributed by atoms with Crippen LogP contribution in [-0.4, -0.2) is 11.1 Å². The summed E-state index contributed by atoms with van der Waals surface area (Å²) in [6.45, 7) is 1.49. The third kappa shape index (κ3) is 2.11. The Hall–Kier alpha value is -0.930. The fourth-order valence-corrected chi connectivity index (χ4v) is 1.48. The van der Waals surface area contributed by atoms with Crippen molar-refractivity contribution < 1.29 is 15.0 Å². The van der Waals surface area contributed by atoms with Crippen molar-refractivity contribution in [2.45, 2.75) is 12.8 Å². The van der Waals surface area contributed by atoms with Crippen LogP contribution in [0.15, 0.2) is 12.1 Å². The monoisotopic (exact) mass is 233 g/mol. The van der Waals surface area contributed by atoms with Crippen LogP contribution in [0.1, 0.15) is 18.4 Å². The van der Waals surface area contributed by atoms with E-state index in [2.05, 4.69) is 0 Å². The summed E-state index contributed by atoms with van der Waals surface area (Å²) in [4.78, 5) is 10.6. The van der Waals surface area contributed by atoms with Gasteiger partial charge in [0.2, 0.25) is 0 Å². The van der Waals surface area contributed by atoms with E-state index in [0.717, 1.165) is 0 Å². The highest BCUT2D eigenvalue weighted by Crippen LogP contribution is 2.32. The molecule has 5 heteroatoms. The summed E-state index contributed by atoms with van der Waals surface area (Å²) in [6.07, 6.45) is 0. The van der Waals surface area contributed by atoms with Crippen molar-refractivity contribution in [1.82, 2.24) is 0 Å². The van der Waals surface area contributed by atoms with E-state index >= 15 is 0 Å². The molecule has 1 rings (SSSR count). The maximum Gasteiger partial charge on any atom is 0.310 e. The van der Waals surface area contributed by atoms with E-state index in [4.69, 9.17) is 28.3 Å². The quantitative estimate of drug-likeness (QED) is 0.853. The third-order valence-electron chi connectivity index (χ3n) is 1.89. The molecular weight excluding hydrogens is 227 g/mol. The minimum absolute atomic E-state index is 0.0550. The summed E-state index contributed by atoms with van der Waals surface area (Å²) >= 11 is 11.2. The molecule has 0 radical (unpaired) electrons. The van der Waals surface area contributed by atoms with Gasteiger partial charge in [-0.1, -0.05) is 29.0 Å². The average molecular weight is 234 g/mol. The van der Waals surface area contributed by atoms with Crippen molar-refractivity contribution in [3.05, 3.63) is 27.7 Å². The Bertz CT molecular complexity index is 353. The number of carboxylic acids is 1. The maximum absolute atomic E-state index is 11.1. The first-order valence-corrected chi connectivity index (χ1v) is 4.58. The van der Waals surface area contributed by atoms with Crippen molar-refractivity contribution in [2.75, 3.05) is 0 Å². The summed E-state index contributed by atoms with van der Waals surface area (Å²) in [7, 11) is 0. The Morgan fingerprint density at radius 2 is 1.86 bits per heavy atom. The zero-order valence-electron chi connectivity index (χ0n) is 7.25. The van der Waals surface area contributed by atoms with Crippen LogP contribution in [-0.2, 0) is 4.79 Å². The lowest BCUT2D eigenvalue weighted by Crippen LogP contribution is -2.07. The van der Waals surface area contributed by atoms with Gasteiger partial charge >= 0.3 is 5.97 Å². The number of aliphatic carboxylic acids is 1. The zero-order valence-corrected chi connectivity index (χ0v) is 8.76. The molecule has 0 saturated heterocycles. The van der Waals surface area contributed by atoms with Crippen LogP contribution in [0.2, 0.25) is 10.0 Å². The second kappa shape index (κ2) is 4.07. The molecule has 0 fully saturated rings. The first-order chi connectivity index (χ1) is 6.43. The smallest absolute Gasteiger partial charge is 0.310 e. The molecule has 1 unspecified atom stereocenters. The van der Waals surface area contributed by atoms with Crippen LogP contribution < -0.4 is 5.11 Å². The molecule has 0 heterocycles. The van der Waals surface area contributed by atoms with Crippen LogP contribution in [0.3, 0.4) is 0 Å². The Balaban J connectivity index is 3.19. The lowest BCUT2D eigenvalue weighted by Gasteiger charge is -2.14. The fourth-order valence-electron chi connectivity index (χ4n) is 0.972. The minimum atomic E-state index is -0.990. The molecule has 76 valence electrons. The highest BCUT2D eigenvalue weighted by molar-refractivity contribution is 6.37. The molecule has 0 aliphatic heterocycles. The van der Waals surface area contributed by atoms with E-state index in [-0.39, 0.29) is 10.0 Å². The lowest BCUT2D eigenvalue weighted by atomic mass is 10.0. The lowest BCUT2D eigenvalue weighted by molar-refractivity contribution is -0.268. The normalized spacial score (nSPS) is 12.5. The van der Waals surface area contributed by atoms with Gasteiger partial charge in [-0.05, 0) is 24.6 Å². The van der Waals surface area contributed by atoms with Gasteiger partial charge < -0.3 is 10.2 Å². The molecule has 0 bridgehead atoms. The topological polar surface area (TPSA) is 60.4 Å². The third-order valence-corrected chi connectivity index (χ3v) is 2.45. The van der Waals surface area contributed by atoms with E-state index in [1.165, 1.54) is 19.1 Å². The van der Waals surface area contributed by atoms with Gasteiger partial charge in [0.15, 0.2) is 0 Å². The molecule has 0 amide bonds. The number of carbonyl (C=O) groups is 1. The van der Waals surface area contributed by atoms with Gasteiger partial charge in [0, 0.05) is 10.0 Å². The van der Waals surface area contributed by atoms with Crippen molar-refractivity contribution >= 4 is 29.2 Å².